The van der Waals surface area contributed by atoms with E-state index in [0.717, 1.165) is 41.8 Å². The number of ether oxygens (including phenoxy) is 1. The van der Waals surface area contributed by atoms with Gasteiger partial charge in [-0.25, -0.2) is 4.68 Å². The molecular formula is C20H23N5O. The van der Waals surface area contributed by atoms with E-state index in [2.05, 4.69) is 20.9 Å². The lowest BCUT2D eigenvalue weighted by Crippen LogP contribution is -2.29. The van der Waals surface area contributed by atoms with Crippen molar-refractivity contribution in [3.63, 3.8) is 0 Å². The Hall–Kier alpha value is -2.89. The van der Waals surface area contributed by atoms with Crippen molar-refractivity contribution in [1.29, 1.82) is 0 Å². The van der Waals surface area contributed by atoms with E-state index in [9.17, 15) is 0 Å². The SMILES string of the molecule is COC1=CC=C(n2nc(N3CCCCC3)cc2-c2ccccn2)C=NC1. The normalized spacial score (nSPS) is 17.5. The zero-order valence-electron chi connectivity index (χ0n) is 15.0. The van der Waals surface area contributed by atoms with Crippen LogP contribution in [0.15, 0.2) is 53.4 Å². The largest absolute Gasteiger partial charge is 0.499 e. The minimum Gasteiger partial charge on any atom is -0.499 e. The quantitative estimate of drug-likeness (QED) is 0.849. The highest BCUT2D eigenvalue weighted by Crippen LogP contribution is 2.27. The van der Waals surface area contributed by atoms with Gasteiger partial charge in [-0.2, -0.15) is 0 Å². The Morgan fingerprint density at radius 1 is 1.08 bits per heavy atom. The van der Waals surface area contributed by atoms with Crippen LogP contribution in [-0.4, -0.2) is 47.7 Å². The number of nitrogens with zero attached hydrogens (tertiary/aromatic N) is 5. The summed E-state index contributed by atoms with van der Waals surface area (Å²) < 4.78 is 7.26. The van der Waals surface area contributed by atoms with Crippen LogP contribution in [0.3, 0.4) is 0 Å². The molecule has 1 fully saturated rings. The molecule has 6 heteroatoms. The highest BCUT2D eigenvalue weighted by molar-refractivity contribution is 6.04. The van der Waals surface area contributed by atoms with Crippen molar-refractivity contribution < 1.29 is 4.74 Å². The molecule has 0 atom stereocenters. The molecule has 1 saturated heterocycles. The molecular weight excluding hydrogens is 326 g/mol. The first kappa shape index (κ1) is 16.6. The van der Waals surface area contributed by atoms with Gasteiger partial charge in [0.05, 0.1) is 30.7 Å². The van der Waals surface area contributed by atoms with Crippen LogP contribution >= 0.6 is 0 Å². The number of anilines is 1. The molecule has 0 unspecified atom stereocenters. The van der Waals surface area contributed by atoms with E-state index in [0.29, 0.717) is 6.54 Å². The molecule has 0 amide bonds. The van der Waals surface area contributed by atoms with Gasteiger partial charge in [0.2, 0.25) is 0 Å². The summed E-state index contributed by atoms with van der Waals surface area (Å²) in [7, 11) is 1.67. The van der Waals surface area contributed by atoms with E-state index in [1.54, 1.807) is 7.11 Å². The van der Waals surface area contributed by atoms with Crippen molar-refractivity contribution in [2.45, 2.75) is 19.3 Å². The Morgan fingerprint density at radius 2 is 1.96 bits per heavy atom. The summed E-state index contributed by atoms with van der Waals surface area (Å²) in [6.45, 7) is 2.65. The fraction of sp³-hybridized carbons (Fsp3) is 0.350. The van der Waals surface area contributed by atoms with E-state index in [-0.39, 0.29) is 0 Å². The first-order valence-corrected chi connectivity index (χ1v) is 9.06. The summed E-state index contributed by atoms with van der Waals surface area (Å²) in [5.41, 5.74) is 2.77. The van der Waals surface area contributed by atoms with Gasteiger partial charge in [-0.3, -0.25) is 9.98 Å². The van der Waals surface area contributed by atoms with Crippen molar-refractivity contribution in [2.75, 3.05) is 31.6 Å². The van der Waals surface area contributed by atoms with Gasteiger partial charge in [0, 0.05) is 31.6 Å². The predicted octanol–water partition coefficient (Wildman–Crippen LogP) is 3.39. The van der Waals surface area contributed by atoms with E-state index >= 15 is 0 Å². The third-order valence-corrected chi connectivity index (χ3v) is 4.72. The number of aliphatic imine (C=N–C) groups is 1. The van der Waals surface area contributed by atoms with Crippen LogP contribution in [0.1, 0.15) is 19.3 Å². The highest BCUT2D eigenvalue weighted by atomic mass is 16.5. The molecule has 0 aromatic carbocycles. The lowest BCUT2D eigenvalue weighted by Gasteiger charge is -2.26. The number of hydrogen-bond donors (Lipinski definition) is 0. The average molecular weight is 349 g/mol. The number of rotatable bonds is 4. The molecule has 2 aromatic rings. The fourth-order valence-corrected chi connectivity index (χ4v) is 3.30. The number of aromatic nitrogens is 3. The van der Waals surface area contributed by atoms with Crippen LogP contribution in [0, 0.1) is 0 Å². The molecule has 0 N–H and O–H groups in total. The van der Waals surface area contributed by atoms with E-state index < -0.39 is 0 Å². The Balaban J connectivity index is 1.78. The van der Waals surface area contributed by atoms with Crippen molar-refractivity contribution in [1.82, 2.24) is 14.8 Å². The molecule has 0 aliphatic carbocycles. The maximum atomic E-state index is 5.32. The smallest absolute Gasteiger partial charge is 0.151 e. The van der Waals surface area contributed by atoms with Crippen LogP contribution in [0.25, 0.3) is 17.1 Å². The van der Waals surface area contributed by atoms with Gasteiger partial charge < -0.3 is 9.64 Å². The van der Waals surface area contributed by atoms with E-state index in [1.165, 1.54) is 19.3 Å². The van der Waals surface area contributed by atoms with Crippen molar-refractivity contribution in [2.24, 2.45) is 4.99 Å². The number of hydrogen-bond acceptors (Lipinski definition) is 5. The van der Waals surface area contributed by atoms with Gasteiger partial charge in [0.25, 0.3) is 0 Å². The number of piperidine rings is 1. The maximum absolute atomic E-state index is 5.32. The molecule has 134 valence electrons. The lowest BCUT2D eigenvalue weighted by molar-refractivity contribution is 0.287. The topological polar surface area (TPSA) is 55.5 Å². The fourth-order valence-electron chi connectivity index (χ4n) is 3.30. The molecule has 0 bridgehead atoms. The molecule has 4 rings (SSSR count). The lowest BCUT2D eigenvalue weighted by atomic mass is 10.1. The molecule has 2 aliphatic rings. The van der Waals surface area contributed by atoms with Gasteiger partial charge in [-0.1, -0.05) is 6.07 Å². The second-order valence-electron chi connectivity index (χ2n) is 6.46. The third-order valence-electron chi connectivity index (χ3n) is 4.72. The molecule has 0 saturated carbocycles. The van der Waals surface area contributed by atoms with Crippen molar-refractivity contribution in [3.8, 4) is 11.4 Å². The first-order valence-electron chi connectivity index (χ1n) is 9.06. The minimum atomic E-state index is 0.537. The second kappa shape index (κ2) is 7.56. The number of allylic oxidation sites excluding steroid dienone is 3. The van der Waals surface area contributed by atoms with Crippen LogP contribution in [0.4, 0.5) is 5.82 Å². The van der Waals surface area contributed by atoms with Gasteiger partial charge >= 0.3 is 0 Å². The molecule has 26 heavy (non-hydrogen) atoms. The average Bonchev–Trinajstić information content (AvgIpc) is 3.01. The second-order valence-corrected chi connectivity index (χ2v) is 6.46. The Kier molecular flexibility index (Phi) is 4.82. The Bertz CT molecular complexity index is 844. The third kappa shape index (κ3) is 3.40. The summed E-state index contributed by atoms with van der Waals surface area (Å²) in [4.78, 5) is 11.3. The van der Waals surface area contributed by atoms with E-state index in [1.807, 2.05) is 47.4 Å². The summed E-state index contributed by atoms with van der Waals surface area (Å²) in [6, 6.07) is 8.07. The first-order chi connectivity index (χ1) is 12.8. The van der Waals surface area contributed by atoms with Crippen LogP contribution in [0.2, 0.25) is 0 Å². The monoisotopic (exact) mass is 349 g/mol. The standard InChI is InChI=1S/C20H23N5O/c1-26-17-9-8-16(14-21-15-17)25-19(18-7-3-4-10-22-18)13-20(23-25)24-11-5-2-6-12-24/h3-4,7-10,13-14H,2,5-6,11-12,15H2,1H3. The van der Waals surface area contributed by atoms with Gasteiger partial charge in [0.1, 0.15) is 5.76 Å². The molecule has 6 nitrogen and oxygen atoms in total. The Morgan fingerprint density at radius 3 is 2.73 bits per heavy atom. The van der Waals surface area contributed by atoms with Crippen molar-refractivity contribution in [3.05, 3.63) is 48.4 Å². The maximum Gasteiger partial charge on any atom is 0.151 e. The molecule has 4 heterocycles. The zero-order valence-corrected chi connectivity index (χ0v) is 15.0. The summed E-state index contributed by atoms with van der Waals surface area (Å²) in [6.07, 6.45) is 11.3. The van der Waals surface area contributed by atoms with Crippen LogP contribution < -0.4 is 4.90 Å². The van der Waals surface area contributed by atoms with Crippen LogP contribution in [-0.2, 0) is 4.74 Å². The summed E-state index contributed by atoms with van der Waals surface area (Å²) in [5.74, 6) is 1.83. The minimum absolute atomic E-state index is 0.537. The van der Waals surface area contributed by atoms with Gasteiger partial charge in [-0.15, -0.1) is 5.10 Å². The molecule has 2 aromatic heterocycles. The molecule has 2 aliphatic heterocycles. The summed E-state index contributed by atoms with van der Waals surface area (Å²) >= 11 is 0. The van der Waals surface area contributed by atoms with Gasteiger partial charge in [-0.05, 0) is 43.5 Å². The van der Waals surface area contributed by atoms with E-state index in [4.69, 9.17) is 9.84 Å². The zero-order chi connectivity index (χ0) is 17.8. The molecule has 0 spiro atoms. The van der Waals surface area contributed by atoms with Crippen LogP contribution in [0.5, 0.6) is 0 Å². The number of methoxy groups -OCH3 is 1. The predicted molar refractivity (Wildman–Crippen MR) is 104 cm³/mol. The Labute approximate surface area is 153 Å². The number of pyridine rings is 1. The van der Waals surface area contributed by atoms with Crippen molar-refractivity contribution >= 4 is 17.7 Å². The summed E-state index contributed by atoms with van der Waals surface area (Å²) in [5, 5.41) is 4.90. The molecule has 0 radical (unpaired) electrons. The van der Waals surface area contributed by atoms with Gasteiger partial charge in [0.15, 0.2) is 5.82 Å². The highest BCUT2D eigenvalue weighted by Gasteiger charge is 2.19.